The smallest absolute Gasteiger partial charge is 0.328 e. The van der Waals surface area contributed by atoms with Crippen molar-refractivity contribution in [3.05, 3.63) is 30.1 Å². The lowest BCUT2D eigenvalue weighted by Crippen LogP contribution is -2.41. The van der Waals surface area contributed by atoms with Crippen LogP contribution in [0.1, 0.15) is 36.2 Å². The fourth-order valence-corrected chi connectivity index (χ4v) is 1.67. The molecule has 1 heterocycles. The third-order valence-corrected chi connectivity index (χ3v) is 2.72. The van der Waals surface area contributed by atoms with Gasteiger partial charge in [0.2, 0.25) is 0 Å². The largest absolute Gasteiger partial charge is 0.467 e. The van der Waals surface area contributed by atoms with E-state index < -0.39 is 17.9 Å². The van der Waals surface area contributed by atoms with Crippen molar-refractivity contribution < 1.29 is 14.3 Å². The highest BCUT2D eigenvalue weighted by atomic mass is 16.5. The first kappa shape index (κ1) is 15.6. The van der Waals surface area contributed by atoms with Gasteiger partial charge in [0.15, 0.2) is 0 Å². The number of hydrogen-bond donors (Lipinski definition) is 1. The molecule has 1 aromatic heterocycles. The van der Waals surface area contributed by atoms with Gasteiger partial charge in [0.1, 0.15) is 11.7 Å². The molecule has 0 fully saturated rings. The molecule has 0 aliphatic carbocycles. The second kappa shape index (κ2) is 8.64. The first-order valence-electron chi connectivity index (χ1n) is 6.35. The van der Waals surface area contributed by atoms with Crippen molar-refractivity contribution in [3.8, 4) is 6.07 Å². The van der Waals surface area contributed by atoms with Gasteiger partial charge in [-0.3, -0.25) is 9.78 Å². The summed E-state index contributed by atoms with van der Waals surface area (Å²) in [6.07, 6.45) is 3.73. The summed E-state index contributed by atoms with van der Waals surface area (Å²) in [6, 6.07) is 6.29. The van der Waals surface area contributed by atoms with E-state index in [1.165, 1.54) is 13.3 Å². The first-order valence-corrected chi connectivity index (χ1v) is 6.35. The van der Waals surface area contributed by atoms with E-state index in [9.17, 15) is 9.59 Å². The summed E-state index contributed by atoms with van der Waals surface area (Å²) in [4.78, 5) is 27.5. The number of amides is 1. The predicted octanol–water partition coefficient (Wildman–Crippen LogP) is 1.44. The number of carbonyl (C=O) groups is 2. The van der Waals surface area contributed by atoms with Crippen LogP contribution in [0.2, 0.25) is 0 Å². The maximum atomic E-state index is 11.9. The molecule has 0 aliphatic heterocycles. The molecule has 1 rings (SSSR count). The minimum Gasteiger partial charge on any atom is -0.467 e. The van der Waals surface area contributed by atoms with E-state index in [-0.39, 0.29) is 5.69 Å². The Balaban J connectivity index is 2.58. The fourth-order valence-electron chi connectivity index (χ4n) is 1.67. The number of rotatable bonds is 7. The lowest BCUT2D eigenvalue weighted by Gasteiger charge is -2.15. The number of methoxy groups -OCH3 is 1. The van der Waals surface area contributed by atoms with Gasteiger partial charge in [-0.2, -0.15) is 5.26 Å². The Morgan fingerprint density at radius 2 is 2.25 bits per heavy atom. The van der Waals surface area contributed by atoms with Crippen LogP contribution in [-0.4, -0.2) is 30.0 Å². The summed E-state index contributed by atoms with van der Waals surface area (Å²) in [5.74, 6) is -0.910. The van der Waals surface area contributed by atoms with E-state index in [0.29, 0.717) is 25.7 Å². The number of nitriles is 1. The molecule has 1 atom stereocenters. The molecule has 0 radical (unpaired) electrons. The van der Waals surface area contributed by atoms with Crippen LogP contribution < -0.4 is 5.32 Å². The topological polar surface area (TPSA) is 92.1 Å². The molecular weight excluding hydrogens is 258 g/mol. The average molecular weight is 275 g/mol. The maximum absolute atomic E-state index is 11.9. The molecule has 1 N–H and O–H groups in total. The number of nitrogens with one attached hydrogen (secondary N) is 1. The molecule has 0 unspecified atom stereocenters. The molecular formula is C14H17N3O3. The summed E-state index contributed by atoms with van der Waals surface area (Å²) < 4.78 is 4.67. The van der Waals surface area contributed by atoms with E-state index in [0.717, 1.165) is 0 Å². The van der Waals surface area contributed by atoms with E-state index in [1.54, 1.807) is 18.2 Å². The molecule has 0 saturated carbocycles. The Labute approximate surface area is 117 Å². The Bertz CT molecular complexity index is 482. The average Bonchev–Trinajstić information content (AvgIpc) is 2.50. The second-order valence-corrected chi connectivity index (χ2v) is 4.17. The third-order valence-electron chi connectivity index (χ3n) is 2.72. The van der Waals surface area contributed by atoms with Crippen LogP contribution in [0.15, 0.2) is 24.4 Å². The molecule has 0 aliphatic rings. The Hall–Kier alpha value is -2.42. The molecule has 1 amide bonds. The van der Waals surface area contributed by atoms with Crippen LogP contribution >= 0.6 is 0 Å². The van der Waals surface area contributed by atoms with Crippen LogP contribution in [0.3, 0.4) is 0 Å². The van der Waals surface area contributed by atoms with Crippen LogP contribution in [0, 0.1) is 11.3 Å². The van der Waals surface area contributed by atoms with Crippen molar-refractivity contribution >= 4 is 11.9 Å². The predicted molar refractivity (Wildman–Crippen MR) is 71.6 cm³/mol. The monoisotopic (exact) mass is 275 g/mol. The van der Waals surface area contributed by atoms with E-state index >= 15 is 0 Å². The molecule has 0 aromatic carbocycles. The Kier molecular flexibility index (Phi) is 6.76. The maximum Gasteiger partial charge on any atom is 0.328 e. The Morgan fingerprint density at radius 1 is 1.45 bits per heavy atom. The highest BCUT2D eigenvalue weighted by molar-refractivity contribution is 5.95. The molecule has 0 saturated heterocycles. The molecule has 20 heavy (non-hydrogen) atoms. The summed E-state index contributed by atoms with van der Waals surface area (Å²) in [5.41, 5.74) is 0.249. The van der Waals surface area contributed by atoms with E-state index in [4.69, 9.17) is 5.26 Å². The van der Waals surface area contributed by atoms with E-state index in [2.05, 4.69) is 15.0 Å². The number of ether oxygens (including phenoxy) is 1. The molecule has 6 nitrogen and oxygen atoms in total. The second-order valence-electron chi connectivity index (χ2n) is 4.17. The van der Waals surface area contributed by atoms with Crippen LogP contribution in [-0.2, 0) is 9.53 Å². The number of carbonyl (C=O) groups excluding carboxylic acids is 2. The molecule has 1 aromatic rings. The van der Waals surface area contributed by atoms with Crippen molar-refractivity contribution in [1.29, 1.82) is 5.26 Å². The highest BCUT2D eigenvalue weighted by Crippen LogP contribution is 2.06. The van der Waals surface area contributed by atoms with Gasteiger partial charge in [0.25, 0.3) is 5.91 Å². The van der Waals surface area contributed by atoms with Crippen LogP contribution in [0.25, 0.3) is 0 Å². The zero-order chi connectivity index (χ0) is 14.8. The SMILES string of the molecule is COC(=O)[C@H](CCCCC#N)NC(=O)c1ccccn1. The van der Waals surface area contributed by atoms with E-state index in [1.807, 2.05) is 6.07 Å². The van der Waals surface area contributed by atoms with Crippen LogP contribution in [0.4, 0.5) is 0 Å². The summed E-state index contributed by atoms with van der Waals surface area (Å²) in [6.45, 7) is 0. The molecule has 6 heteroatoms. The van der Waals surface area contributed by atoms with Gasteiger partial charge in [0, 0.05) is 12.6 Å². The number of nitrogens with zero attached hydrogens (tertiary/aromatic N) is 2. The number of aromatic nitrogens is 1. The van der Waals surface area contributed by atoms with Gasteiger partial charge in [0.05, 0.1) is 13.2 Å². The Morgan fingerprint density at radius 3 is 2.85 bits per heavy atom. The lowest BCUT2D eigenvalue weighted by atomic mass is 10.1. The van der Waals surface area contributed by atoms with Crippen molar-refractivity contribution in [2.75, 3.05) is 7.11 Å². The summed E-state index contributed by atoms with van der Waals surface area (Å²) in [5, 5.41) is 11.1. The first-order chi connectivity index (χ1) is 9.69. The number of pyridine rings is 1. The normalized spacial score (nSPS) is 11.2. The van der Waals surface area contributed by atoms with Crippen molar-refractivity contribution in [2.45, 2.75) is 31.7 Å². The van der Waals surface area contributed by atoms with Crippen LogP contribution in [0.5, 0.6) is 0 Å². The van der Waals surface area contributed by atoms with Crippen molar-refractivity contribution in [1.82, 2.24) is 10.3 Å². The third kappa shape index (κ3) is 5.06. The number of unbranched alkanes of at least 4 members (excludes halogenated alkanes) is 2. The quantitative estimate of drug-likeness (QED) is 0.600. The van der Waals surface area contributed by atoms with Gasteiger partial charge in [-0.1, -0.05) is 6.07 Å². The summed E-state index contributed by atoms with van der Waals surface area (Å²) in [7, 11) is 1.28. The zero-order valence-electron chi connectivity index (χ0n) is 11.3. The highest BCUT2D eigenvalue weighted by Gasteiger charge is 2.21. The molecule has 0 bridgehead atoms. The minimum atomic E-state index is -0.715. The lowest BCUT2D eigenvalue weighted by molar-refractivity contribution is -0.143. The van der Waals surface area contributed by atoms with Crippen molar-refractivity contribution in [2.24, 2.45) is 0 Å². The summed E-state index contributed by atoms with van der Waals surface area (Å²) >= 11 is 0. The number of hydrogen-bond acceptors (Lipinski definition) is 5. The zero-order valence-corrected chi connectivity index (χ0v) is 11.3. The number of esters is 1. The van der Waals surface area contributed by atoms with Gasteiger partial charge in [-0.15, -0.1) is 0 Å². The van der Waals surface area contributed by atoms with Gasteiger partial charge < -0.3 is 10.1 Å². The minimum absolute atomic E-state index is 0.249. The molecule has 0 spiro atoms. The van der Waals surface area contributed by atoms with Gasteiger partial charge in [-0.05, 0) is 31.4 Å². The van der Waals surface area contributed by atoms with Crippen molar-refractivity contribution in [3.63, 3.8) is 0 Å². The molecule has 106 valence electrons. The fraction of sp³-hybridized carbons (Fsp3) is 0.429. The standard InChI is InChI=1S/C14H17N3O3/c1-20-14(19)12(8-3-2-5-9-15)17-13(18)11-7-4-6-10-16-11/h4,6-7,10,12H,2-3,5,8H2,1H3,(H,17,18)/t12-/m0/s1. The van der Waals surface area contributed by atoms with Gasteiger partial charge in [-0.25, -0.2) is 4.79 Å². The van der Waals surface area contributed by atoms with Gasteiger partial charge >= 0.3 is 5.97 Å².